The molecule has 0 fully saturated rings. The first-order valence-corrected chi connectivity index (χ1v) is 7.40. The van der Waals surface area contributed by atoms with E-state index in [4.69, 9.17) is 0 Å². The van der Waals surface area contributed by atoms with Crippen LogP contribution in [0.1, 0.15) is 22.3 Å². The number of nitrogens with zero attached hydrogens (tertiary/aromatic N) is 3. The zero-order chi connectivity index (χ0) is 16.1. The largest absolute Gasteiger partial charge is 0.326 e. The molecule has 114 valence electrons. The van der Waals surface area contributed by atoms with E-state index in [-0.39, 0.29) is 0 Å². The Balaban J connectivity index is 2.07. The average molecular weight is 293 g/mol. The van der Waals surface area contributed by atoms with E-state index in [1.54, 1.807) is 12.7 Å². The van der Waals surface area contributed by atoms with Crippen molar-refractivity contribution >= 4 is 24.1 Å². The van der Waals surface area contributed by atoms with Crippen LogP contribution in [-0.4, -0.2) is 24.6 Å². The first-order valence-electron chi connectivity index (χ1n) is 7.40. The molecule has 0 bridgehead atoms. The first-order chi connectivity index (χ1) is 10.5. The number of rotatable bonds is 4. The fourth-order valence-electron chi connectivity index (χ4n) is 2.24. The van der Waals surface area contributed by atoms with Crippen LogP contribution in [0.4, 0.5) is 11.4 Å². The third-order valence-corrected chi connectivity index (χ3v) is 3.46. The fourth-order valence-corrected chi connectivity index (χ4v) is 2.24. The molecule has 0 saturated carbocycles. The minimum absolute atomic E-state index is 0.984. The highest BCUT2D eigenvalue weighted by Crippen LogP contribution is 2.20. The Morgan fingerprint density at radius 3 is 1.50 bits per heavy atom. The molecule has 0 heterocycles. The molecular formula is C19H23N3. The summed E-state index contributed by atoms with van der Waals surface area (Å²) in [4.78, 5) is 10.9. The number of hydrogen-bond acceptors (Lipinski definition) is 2. The summed E-state index contributed by atoms with van der Waals surface area (Å²) in [5, 5.41) is 0. The van der Waals surface area contributed by atoms with Crippen LogP contribution < -0.4 is 0 Å². The standard InChI is InChI=1S/C19H23N3/c1-14-6-8-18(16(3)10-14)20-12-22(5)13-21-19-9-7-15(2)11-17(19)4/h6-13H,1-5H3/b20-12+,21-13?. The maximum atomic E-state index is 4.51. The number of aliphatic imine (C=N–C) groups is 2. The van der Waals surface area contributed by atoms with Crippen LogP contribution in [0.2, 0.25) is 0 Å². The molecule has 3 heteroatoms. The molecule has 0 aliphatic rings. The molecule has 3 nitrogen and oxygen atoms in total. The lowest BCUT2D eigenvalue weighted by Gasteiger charge is -2.07. The van der Waals surface area contributed by atoms with Crippen molar-refractivity contribution in [2.24, 2.45) is 9.98 Å². The second-order valence-corrected chi connectivity index (χ2v) is 5.73. The summed E-state index contributed by atoms with van der Waals surface area (Å²) in [5.74, 6) is 0. The van der Waals surface area contributed by atoms with Crippen molar-refractivity contribution in [2.75, 3.05) is 7.05 Å². The summed E-state index contributed by atoms with van der Waals surface area (Å²) in [7, 11) is 1.93. The summed E-state index contributed by atoms with van der Waals surface area (Å²) < 4.78 is 0. The third kappa shape index (κ3) is 4.29. The highest BCUT2D eigenvalue weighted by atomic mass is 15.1. The van der Waals surface area contributed by atoms with Crippen LogP contribution in [0.15, 0.2) is 46.4 Å². The van der Waals surface area contributed by atoms with E-state index >= 15 is 0 Å². The Hall–Kier alpha value is -2.42. The lowest BCUT2D eigenvalue weighted by atomic mass is 10.1. The van der Waals surface area contributed by atoms with Crippen LogP contribution in [0.3, 0.4) is 0 Å². The van der Waals surface area contributed by atoms with E-state index in [2.05, 4.69) is 61.9 Å². The van der Waals surface area contributed by atoms with Gasteiger partial charge in [-0.2, -0.15) is 0 Å². The number of benzene rings is 2. The van der Waals surface area contributed by atoms with Crippen LogP contribution >= 0.6 is 0 Å². The van der Waals surface area contributed by atoms with Gasteiger partial charge in [-0.25, -0.2) is 9.98 Å². The molecule has 2 aromatic carbocycles. The van der Waals surface area contributed by atoms with Gasteiger partial charge in [0.2, 0.25) is 0 Å². The average Bonchev–Trinajstić information content (AvgIpc) is 2.45. The van der Waals surface area contributed by atoms with Gasteiger partial charge in [0, 0.05) is 7.05 Å². The summed E-state index contributed by atoms with van der Waals surface area (Å²) in [6, 6.07) is 12.5. The minimum Gasteiger partial charge on any atom is -0.326 e. The van der Waals surface area contributed by atoms with Crippen molar-refractivity contribution in [2.45, 2.75) is 27.7 Å². The van der Waals surface area contributed by atoms with Gasteiger partial charge in [-0.1, -0.05) is 35.4 Å². The molecule has 0 atom stereocenters. The van der Waals surface area contributed by atoms with Crippen molar-refractivity contribution in [1.82, 2.24) is 4.90 Å². The van der Waals surface area contributed by atoms with E-state index in [0.717, 1.165) is 11.4 Å². The molecule has 2 aromatic rings. The van der Waals surface area contributed by atoms with Gasteiger partial charge in [-0.05, 0) is 51.0 Å². The van der Waals surface area contributed by atoms with Gasteiger partial charge in [-0.3, -0.25) is 0 Å². The zero-order valence-corrected chi connectivity index (χ0v) is 14.0. The predicted molar refractivity (Wildman–Crippen MR) is 95.9 cm³/mol. The Kier molecular flexibility index (Phi) is 5.10. The molecular weight excluding hydrogens is 270 g/mol. The van der Waals surface area contributed by atoms with E-state index < -0.39 is 0 Å². The first kappa shape index (κ1) is 16.0. The molecule has 22 heavy (non-hydrogen) atoms. The number of hydrogen-bond donors (Lipinski definition) is 0. The summed E-state index contributed by atoms with van der Waals surface area (Å²) in [6.07, 6.45) is 3.56. The molecule has 0 N–H and O–H groups in total. The summed E-state index contributed by atoms with van der Waals surface area (Å²) >= 11 is 0. The lowest BCUT2D eigenvalue weighted by molar-refractivity contribution is 0.801. The highest BCUT2D eigenvalue weighted by Gasteiger charge is 1.97. The van der Waals surface area contributed by atoms with Crippen LogP contribution in [-0.2, 0) is 0 Å². The van der Waals surface area contributed by atoms with Gasteiger partial charge in [0.1, 0.15) is 0 Å². The molecule has 0 aliphatic heterocycles. The normalized spacial score (nSPS) is 11.5. The van der Waals surface area contributed by atoms with Gasteiger partial charge < -0.3 is 4.90 Å². The molecule has 0 unspecified atom stereocenters. The van der Waals surface area contributed by atoms with Crippen molar-refractivity contribution in [3.05, 3.63) is 58.7 Å². The molecule has 2 rings (SSSR count). The van der Waals surface area contributed by atoms with Gasteiger partial charge in [0.05, 0.1) is 24.1 Å². The molecule has 0 amide bonds. The number of aryl methyl sites for hydroxylation is 4. The Labute approximate surface area is 133 Å². The predicted octanol–water partition coefficient (Wildman–Crippen LogP) is 4.87. The van der Waals surface area contributed by atoms with Crippen LogP contribution in [0.5, 0.6) is 0 Å². The monoisotopic (exact) mass is 293 g/mol. The second kappa shape index (κ2) is 7.03. The smallest absolute Gasteiger partial charge is 0.0961 e. The van der Waals surface area contributed by atoms with Gasteiger partial charge in [-0.15, -0.1) is 0 Å². The Morgan fingerprint density at radius 2 is 1.14 bits per heavy atom. The highest BCUT2D eigenvalue weighted by molar-refractivity contribution is 5.78. The van der Waals surface area contributed by atoms with E-state index in [9.17, 15) is 0 Å². The van der Waals surface area contributed by atoms with E-state index in [1.165, 1.54) is 22.3 Å². The molecule has 0 radical (unpaired) electrons. The van der Waals surface area contributed by atoms with Crippen molar-refractivity contribution < 1.29 is 0 Å². The second-order valence-electron chi connectivity index (χ2n) is 5.73. The van der Waals surface area contributed by atoms with E-state index in [1.807, 2.05) is 24.1 Å². The van der Waals surface area contributed by atoms with Crippen molar-refractivity contribution in [1.29, 1.82) is 0 Å². The minimum atomic E-state index is 0.984. The SMILES string of the molecule is Cc1ccc(N=CN(C)/C=N/c2ccc(C)cc2C)c(C)c1. The van der Waals surface area contributed by atoms with Gasteiger partial charge in [0.25, 0.3) is 0 Å². The zero-order valence-electron chi connectivity index (χ0n) is 14.0. The summed E-state index contributed by atoms with van der Waals surface area (Å²) in [5.41, 5.74) is 6.82. The third-order valence-electron chi connectivity index (χ3n) is 3.46. The van der Waals surface area contributed by atoms with Crippen molar-refractivity contribution in [3.8, 4) is 0 Å². The summed E-state index contributed by atoms with van der Waals surface area (Å²) in [6.45, 7) is 8.32. The maximum absolute atomic E-state index is 4.51. The quantitative estimate of drug-likeness (QED) is 0.583. The van der Waals surface area contributed by atoms with Gasteiger partial charge in [0.15, 0.2) is 0 Å². The Bertz CT molecular complexity index is 653. The molecule has 0 aliphatic carbocycles. The fraction of sp³-hybridized carbons (Fsp3) is 0.263. The lowest BCUT2D eigenvalue weighted by Crippen LogP contribution is -2.12. The molecule has 0 aromatic heterocycles. The maximum Gasteiger partial charge on any atom is 0.0961 e. The molecule has 0 saturated heterocycles. The Morgan fingerprint density at radius 1 is 0.727 bits per heavy atom. The molecule has 0 spiro atoms. The topological polar surface area (TPSA) is 28.0 Å². The van der Waals surface area contributed by atoms with Crippen LogP contribution in [0, 0.1) is 27.7 Å². The van der Waals surface area contributed by atoms with Crippen LogP contribution in [0.25, 0.3) is 0 Å². The van der Waals surface area contributed by atoms with Crippen molar-refractivity contribution in [3.63, 3.8) is 0 Å². The van der Waals surface area contributed by atoms with E-state index in [0.29, 0.717) is 0 Å². The van der Waals surface area contributed by atoms with Gasteiger partial charge >= 0.3 is 0 Å².